The maximum absolute atomic E-state index is 12.5. The van der Waals surface area contributed by atoms with Gasteiger partial charge in [-0.2, -0.15) is 5.10 Å². The Morgan fingerprint density at radius 3 is 2.62 bits per heavy atom. The molecule has 4 rings (SSSR count). The van der Waals surface area contributed by atoms with E-state index in [1.165, 1.54) is 28.9 Å². The summed E-state index contributed by atoms with van der Waals surface area (Å²) in [6.07, 6.45) is 0. The number of hydrogen-bond acceptors (Lipinski definition) is 7. The number of para-hydroxylation sites is 2. The minimum absolute atomic E-state index is 0.00163. The second-order valence-corrected chi connectivity index (χ2v) is 6.12. The van der Waals surface area contributed by atoms with Crippen LogP contribution in [0.15, 0.2) is 48.5 Å². The minimum Gasteiger partial charge on any atom is -0.461 e. The van der Waals surface area contributed by atoms with Crippen LogP contribution in [0, 0.1) is 10.1 Å². The number of nitrogens with one attached hydrogen (secondary N) is 1. The summed E-state index contributed by atoms with van der Waals surface area (Å²) in [4.78, 5) is 30.5. The average molecular weight is 392 g/mol. The molecule has 0 saturated carbocycles. The first-order valence-corrected chi connectivity index (χ1v) is 8.75. The van der Waals surface area contributed by atoms with Gasteiger partial charge in [0.1, 0.15) is 11.6 Å². The van der Waals surface area contributed by atoms with Gasteiger partial charge in [0, 0.05) is 12.1 Å². The molecular formula is C19H16N6O4. The third-order valence-electron chi connectivity index (χ3n) is 4.32. The number of H-pyrrole nitrogens is 1. The van der Waals surface area contributed by atoms with Crippen LogP contribution < -0.4 is 5.73 Å². The summed E-state index contributed by atoms with van der Waals surface area (Å²) in [5, 5.41) is 15.2. The van der Waals surface area contributed by atoms with Gasteiger partial charge in [-0.1, -0.05) is 12.1 Å². The number of rotatable bonds is 5. The van der Waals surface area contributed by atoms with Gasteiger partial charge in [-0.3, -0.25) is 10.1 Å². The van der Waals surface area contributed by atoms with Gasteiger partial charge in [0.15, 0.2) is 5.69 Å². The number of fused-ring (bicyclic) bond motifs is 1. The molecule has 0 saturated heterocycles. The van der Waals surface area contributed by atoms with E-state index >= 15 is 0 Å². The lowest BCUT2D eigenvalue weighted by atomic mass is 10.2. The number of nitro groups is 1. The number of carbonyl (C=O) groups excluding carboxylic acids is 1. The van der Waals surface area contributed by atoms with Crippen LogP contribution in [0.2, 0.25) is 0 Å². The number of non-ortho nitro benzene ring substituents is 1. The van der Waals surface area contributed by atoms with Crippen molar-refractivity contribution in [1.82, 2.24) is 19.7 Å². The first-order chi connectivity index (χ1) is 14.0. The third-order valence-corrected chi connectivity index (χ3v) is 4.32. The fourth-order valence-electron chi connectivity index (χ4n) is 2.99. The summed E-state index contributed by atoms with van der Waals surface area (Å²) in [6, 6.07) is 13.1. The van der Waals surface area contributed by atoms with E-state index in [9.17, 15) is 14.9 Å². The van der Waals surface area contributed by atoms with Crippen molar-refractivity contribution >= 4 is 28.5 Å². The highest BCUT2D eigenvalue weighted by Gasteiger charge is 2.27. The summed E-state index contributed by atoms with van der Waals surface area (Å²) < 4.78 is 6.45. The molecule has 0 atom stereocenters. The van der Waals surface area contributed by atoms with Crippen LogP contribution in [0.1, 0.15) is 17.4 Å². The molecule has 29 heavy (non-hydrogen) atoms. The zero-order valence-electron chi connectivity index (χ0n) is 15.3. The largest absolute Gasteiger partial charge is 0.461 e. The van der Waals surface area contributed by atoms with Crippen LogP contribution in [-0.2, 0) is 4.74 Å². The van der Waals surface area contributed by atoms with E-state index in [-0.39, 0.29) is 23.8 Å². The number of esters is 1. The maximum Gasteiger partial charge on any atom is 0.359 e. The number of benzene rings is 2. The summed E-state index contributed by atoms with van der Waals surface area (Å²) in [7, 11) is 0. The molecule has 0 spiro atoms. The van der Waals surface area contributed by atoms with Gasteiger partial charge >= 0.3 is 5.97 Å². The Labute approximate surface area is 164 Å². The lowest BCUT2D eigenvalue weighted by Crippen LogP contribution is -2.08. The fraction of sp³-hybridized carbons (Fsp3) is 0.105. The van der Waals surface area contributed by atoms with Crippen molar-refractivity contribution in [3.63, 3.8) is 0 Å². The Morgan fingerprint density at radius 1 is 1.24 bits per heavy atom. The standard InChI is InChI=1S/C19H16N6O4/c1-2-29-19(26)16-15(18-21-13-5-3-4-6-14(13)22-18)17(20)24(23-16)11-7-9-12(10-8-11)25(27)28/h3-10H,2,20H2,1H3,(H,21,22). The number of nitrogen functional groups attached to an aromatic ring is 1. The average Bonchev–Trinajstić information content (AvgIpc) is 3.29. The van der Waals surface area contributed by atoms with Crippen molar-refractivity contribution in [2.75, 3.05) is 12.3 Å². The molecule has 0 aliphatic heterocycles. The Hall–Kier alpha value is -4.21. The smallest absolute Gasteiger partial charge is 0.359 e. The Balaban J connectivity index is 1.89. The van der Waals surface area contributed by atoms with Crippen molar-refractivity contribution in [2.45, 2.75) is 6.92 Å². The van der Waals surface area contributed by atoms with Gasteiger partial charge < -0.3 is 15.5 Å². The molecule has 3 N–H and O–H groups in total. The predicted octanol–water partition coefficient (Wildman–Crippen LogP) is 3.08. The molecule has 0 unspecified atom stereocenters. The molecule has 4 aromatic rings. The molecule has 146 valence electrons. The number of nitrogens with zero attached hydrogens (tertiary/aromatic N) is 4. The Morgan fingerprint density at radius 2 is 1.97 bits per heavy atom. The van der Waals surface area contributed by atoms with Crippen molar-refractivity contribution in [2.24, 2.45) is 0 Å². The second-order valence-electron chi connectivity index (χ2n) is 6.12. The van der Waals surface area contributed by atoms with Gasteiger partial charge in [-0.15, -0.1) is 0 Å². The lowest BCUT2D eigenvalue weighted by Gasteiger charge is -2.04. The number of aromatic amines is 1. The van der Waals surface area contributed by atoms with Crippen molar-refractivity contribution in [1.29, 1.82) is 0 Å². The topological polar surface area (TPSA) is 142 Å². The summed E-state index contributed by atoms with van der Waals surface area (Å²) in [5.74, 6) is -0.115. The molecule has 0 fully saturated rings. The van der Waals surface area contributed by atoms with Crippen molar-refractivity contribution in [3.05, 3.63) is 64.3 Å². The number of aromatic nitrogens is 4. The monoisotopic (exact) mass is 392 g/mol. The minimum atomic E-state index is -0.643. The molecular weight excluding hydrogens is 376 g/mol. The second kappa shape index (κ2) is 7.08. The highest BCUT2D eigenvalue weighted by Crippen LogP contribution is 2.32. The molecule has 0 aliphatic rings. The molecule has 10 heteroatoms. The van der Waals surface area contributed by atoms with E-state index in [4.69, 9.17) is 10.5 Å². The van der Waals surface area contributed by atoms with Gasteiger partial charge in [-0.05, 0) is 31.2 Å². The van der Waals surface area contributed by atoms with Crippen molar-refractivity contribution < 1.29 is 14.5 Å². The number of anilines is 1. The summed E-state index contributed by atoms with van der Waals surface area (Å²) in [5.41, 5.74) is 8.50. The van der Waals surface area contributed by atoms with Gasteiger partial charge in [0.2, 0.25) is 0 Å². The van der Waals surface area contributed by atoms with E-state index in [0.717, 1.165) is 5.52 Å². The number of nitro benzene ring substituents is 1. The highest BCUT2D eigenvalue weighted by molar-refractivity contribution is 5.98. The number of imidazole rings is 1. The van der Waals surface area contributed by atoms with Crippen molar-refractivity contribution in [3.8, 4) is 17.1 Å². The molecule has 2 heterocycles. The Bertz CT molecular complexity index is 1190. The number of ether oxygens (including phenoxy) is 1. The van der Waals surface area contributed by atoms with Crippen LogP contribution in [0.4, 0.5) is 11.5 Å². The molecule has 0 bridgehead atoms. The molecule has 10 nitrogen and oxygen atoms in total. The normalized spacial score (nSPS) is 10.9. The first kappa shape index (κ1) is 18.2. The third kappa shape index (κ3) is 3.16. The predicted molar refractivity (Wildman–Crippen MR) is 106 cm³/mol. The molecule has 0 radical (unpaired) electrons. The summed E-state index contributed by atoms with van der Waals surface area (Å²) in [6.45, 7) is 1.86. The van der Waals surface area contributed by atoms with Crippen LogP contribution in [0.3, 0.4) is 0 Å². The van der Waals surface area contributed by atoms with E-state index in [1.807, 2.05) is 24.3 Å². The van der Waals surface area contributed by atoms with Gasteiger partial charge in [0.25, 0.3) is 5.69 Å². The van der Waals surface area contributed by atoms with E-state index in [1.54, 1.807) is 6.92 Å². The quantitative estimate of drug-likeness (QED) is 0.302. The maximum atomic E-state index is 12.5. The van der Waals surface area contributed by atoms with Crippen LogP contribution in [0.25, 0.3) is 28.1 Å². The van der Waals surface area contributed by atoms with Crippen LogP contribution in [0.5, 0.6) is 0 Å². The van der Waals surface area contributed by atoms with E-state index in [2.05, 4.69) is 15.1 Å². The SMILES string of the molecule is CCOC(=O)c1nn(-c2ccc([N+](=O)[O-])cc2)c(N)c1-c1nc2ccccc2[nH]1. The lowest BCUT2D eigenvalue weighted by molar-refractivity contribution is -0.384. The number of nitrogens with two attached hydrogens (primary N) is 1. The molecule has 2 aromatic heterocycles. The van der Waals surface area contributed by atoms with E-state index < -0.39 is 10.9 Å². The van der Waals surface area contributed by atoms with Gasteiger partial charge in [0.05, 0.1) is 33.8 Å². The zero-order valence-corrected chi connectivity index (χ0v) is 15.3. The van der Waals surface area contributed by atoms with Crippen LogP contribution >= 0.6 is 0 Å². The molecule has 0 aliphatic carbocycles. The number of hydrogen-bond donors (Lipinski definition) is 2. The fourth-order valence-corrected chi connectivity index (χ4v) is 2.99. The highest BCUT2D eigenvalue weighted by atomic mass is 16.6. The summed E-state index contributed by atoms with van der Waals surface area (Å²) >= 11 is 0. The first-order valence-electron chi connectivity index (χ1n) is 8.75. The zero-order chi connectivity index (χ0) is 20.5. The number of carbonyl (C=O) groups is 1. The van der Waals surface area contributed by atoms with Gasteiger partial charge in [-0.25, -0.2) is 14.5 Å². The van der Waals surface area contributed by atoms with E-state index in [0.29, 0.717) is 22.6 Å². The molecule has 0 amide bonds. The van der Waals surface area contributed by atoms with Crippen LogP contribution in [-0.4, -0.2) is 37.2 Å². The molecule has 2 aromatic carbocycles. The Kier molecular flexibility index (Phi) is 4.43.